The first-order valence-corrected chi connectivity index (χ1v) is 6.34. The minimum absolute atomic E-state index is 0.365. The summed E-state index contributed by atoms with van der Waals surface area (Å²) in [7, 11) is 0. The highest BCUT2D eigenvalue weighted by atomic mass is 32.2. The van der Waals surface area contributed by atoms with Crippen molar-refractivity contribution in [1.82, 2.24) is 9.97 Å². The van der Waals surface area contributed by atoms with Gasteiger partial charge in [-0.3, -0.25) is 0 Å². The largest absolute Gasteiger partial charge is 0.370 e. The Hall–Kier alpha value is -1.80. The third-order valence-corrected chi connectivity index (χ3v) is 2.91. The zero-order chi connectivity index (χ0) is 12.1. The number of nitrogens with zero attached hydrogens (tertiary/aromatic N) is 3. The maximum atomic E-state index is 8.57. The standard InChI is InChI=1S/C12H12N4S/c1-2-14-11-9-5-3-4-6-10(9)15-12(16-11)17-8-7-13/h3-6H,2,8H2,1H3,(H,14,15,16). The predicted octanol–water partition coefficient (Wildman–Crippen LogP) is 2.68. The number of hydrogen-bond donors (Lipinski definition) is 1. The molecule has 1 heterocycles. The fraction of sp³-hybridized carbons (Fsp3) is 0.250. The highest BCUT2D eigenvalue weighted by Gasteiger charge is 2.06. The molecule has 0 amide bonds. The maximum absolute atomic E-state index is 8.57. The Morgan fingerprint density at radius 3 is 2.94 bits per heavy atom. The fourth-order valence-corrected chi connectivity index (χ4v) is 2.03. The van der Waals surface area contributed by atoms with Crippen LogP contribution in [0.3, 0.4) is 0 Å². The summed E-state index contributed by atoms with van der Waals surface area (Å²) in [5.74, 6) is 1.20. The van der Waals surface area contributed by atoms with Gasteiger partial charge in [-0.2, -0.15) is 5.26 Å². The van der Waals surface area contributed by atoms with Crippen LogP contribution >= 0.6 is 11.8 Å². The van der Waals surface area contributed by atoms with E-state index in [2.05, 4.69) is 21.4 Å². The number of hydrogen-bond acceptors (Lipinski definition) is 5. The molecule has 0 radical (unpaired) electrons. The van der Waals surface area contributed by atoms with Gasteiger partial charge in [-0.05, 0) is 19.1 Å². The van der Waals surface area contributed by atoms with Crippen LogP contribution in [0.4, 0.5) is 5.82 Å². The molecule has 86 valence electrons. The first-order valence-electron chi connectivity index (χ1n) is 5.35. The highest BCUT2D eigenvalue weighted by Crippen LogP contribution is 2.23. The van der Waals surface area contributed by atoms with Crippen LogP contribution in [0.15, 0.2) is 29.4 Å². The van der Waals surface area contributed by atoms with Gasteiger partial charge in [0.05, 0.1) is 17.3 Å². The molecule has 0 aliphatic rings. The van der Waals surface area contributed by atoms with E-state index in [9.17, 15) is 0 Å². The molecule has 1 N–H and O–H groups in total. The monoisotopic (exact) mass is 244 g/mol. The first-order chi connectivity index (χ1) is 8.35. The number of benzene rings is 1. The molecule has 0 unspecified atom stereocenters. The van der Waals surface area contributed by atoms with Gasteiger partial charge in [0.2, 0.25) is 0 Å². The number of anilines is 1. The topological polar surface area (TPSA) is 61.6 Å². The Morgan fingerprint density at radius 1 is 1.35 bits per heavy atom. The van der Waals surface area contributed by atoms with Gasteiger partial charge in [0.25, 0.3) is 0 Å². The van der Waals surface area contributed by atoms with E-state index in [1.165, 1.54) is 11.8 Å². The van der Waals surface area contributed by atoms with Crippen LogP contribution in [-0.4, -0.2) is 22.3 Å². The number of fused-ring (bicyclic) bond motifs is 1. The predicted molar refractivity (Wildman–Crippen MR) is 70.0 cm³/mol. The van der Waals surface area contributed by atoms with Gasteiger partial charge in [-0.1, -0.05) is 23.9 Å². The van der Waals surface area contributed by atoms with Gasteiger partial charge >= 0.3 is 0 Å². The van der Waals surface area contributed by atoms with Crippen LogP contribution in [-0.2, 0) is 0 Å². The number of thioether (sulfide) groups is 1. The second kappa shape index (κ2) is 5.51. The van der Waals surface area contributed by atoms with E-state index in [-0.39, 0.29) is 0 Å². The van der Waals surface area contributed by atoms with E-state index in [1.54, 1.807) is 0 Å². The summed E-state index contributed by atoms with van der Waals surface area (Å²) in [5, 5.41) is 13.4. The van der Waals surface area contributed by atoms with Crippen molar-refractivity contribution in [2.75, 3.05) is 17.6 Å². The molecule has 17 heavy (non-hydrogen) atoms. The Morgan fingerprint density at radius 2 is 2.18 bits per heavy atom. The molecule has 0 aliphatic carbocycles. The lowest BCUT2D eigenvalue weighted by Gasteiger charge is -2.08. The fourth-order valence-electron chi connectivity index (χ4n) is 1.52. The van der Waals surface area contributed by atoms with E-state index >= 15 is 0 Å². The van der Waals surface area contributed by atoms with E-state index < -0.39 is 0 Å². The highest BCUT2D eigenvalue weighted by molar-refractivity contribution is 7.99. The molecule has 5 heteroatoms. The van der Waals surface area contributed by atoms with Crippen LogP contribution in [0, 0.1) is 11.3 Å². The molecule has 2 rings (SSSR count). The van der Waals surface area contributed by atoms with Crippen molar-refractivity contribution in [3.63, 3.8) is 0 Å². The SMILES string of the molecule is CCNc1nc(SCC#N)nc2ccccc12. The van der Waals surface area contributed by atoms with Gasteiger partial charge < -0.3 is 5.32 Å². The molecule has 0 bridgehead atoms. The summed E-state index contributed by atoms with van der Waals surface area (Å²) in [6.45, 7) is 2.84. The van der Waals surface area contributed by atoms with Gasteiger partial charge in [-0.25, -0.2) is 9.97 Å². The molecule has 0 aliphatic heterocycles. The Kier molecular flexibility index (Phi) is 3.78. The van der Waals surface area contributed by atoms with Crippen LogP contribution in [0.1, 0.15) is 6.92 Å². The third-order valence-electron chi connectivity index (χ3n) is 2.19. The summed E-state index contributed by atoms with van der Waals surface area (Å²) in [4.78, 5) is 8.83. The van der Waals surface area contributed by atoms with Crippen molar-refractivity contribution in [2.24, 2.45) is 0 Å². The zero-order valence-electron chi connectivity index (χ0n) is 9.47. The molecule has 4 nitrogen and oxygen atoms in total. The lowest BCUT2D eigenvalue weighted by atomic mass is 10.2. The number of nitrogens with one attached hydrogen (secondary N) is 1. The second-order valence-electron chi connectivity index (χ2n) is 3.35. The summed E-state index contributed by atoms with van der Waals surface area (Å²) in [5.41, 5.74) is 0.902. The van der Waals surface area contributed by atoms with Gasteiger partial charge in [0, 0.05) is 11.9 Å². The summed E-state index contributed by atoms with van der Waals surface area (Å²) in [6, 6.07) is 9.94. The van der Waals surface area contributed by atoms with Crippen molar-refractivity contribution in [3.8, 4) is 6.07 Å². The Balaban J connectivity index is 2.47. The minimum atomic E-state index is 0.365. The number of nitriles is 1. The summed E-state index contributed by atoms with van der Waals surface area (Å²) in [6.07, 6.45) is 0. The van der Waals surface area contributed by atoms with Crippen molar-refractivity contribution in [3.05, 3.63) is 24.3 Å². The van der Waals surface area contributed by atoms with E-state index in [1.807, 2.05) is 31.2 Å². The molecule has 0 saturated carbocycles. The minimum Gasteiger partial charge on any atom is -0.370 e. The van der Waals surface area contributed by atoms with Gasteiger partial charge in [-0.15, -0.1) is 0 Å². The molecule has 2 aromatic rings. The van der Waals surface area contributed by atoms with Gasteiger partial charge in [0.1, 0.15) is 5.82 Å². The molecular formula is C12H12N4S. The summed E-state index contributed by atoms with van der Waals surface area (Å²) >= 11 is 1.35. The van der Waals surface area contributed by atoms with E-state index in [0.717, 1.165) is 23.3 Å². The molecule has 0 saturated heterocycles. The lowest BCUT2D eigenvalue weighted by molar-refractivity contribution is 0.995. The molecule has 1 aromatic carbocycles. The van der Waals surface area contributed by atoms with Crippen molar-refractivity contribution in [1.29, 1.82) is 5.26 Å². The van der Waals surface area contributed by atoms with E-state index in [0.29, 0.717) is 10.9 Å². The molecule has 0 atom stereocenters. The van der Waals surface area contributed by atoms with Crippen LogP contribution in [0.5, 0.6) is 0 Å². The number of rotatable bonds is 4. The number of para-hydroxylation sites is 1. The van der Waals surface area contributed by atoms with Crippen LogP contribution in [0.2, 0.25) is 0 Å². The van der Waals surface area contributed by atoms with Crippen LogP contribution < -0.4 is 5.32 Å². The van der Waals surface area contributed by atoms with Crippen molar-refractivity contribution in [2.45, 2.75) is 12.1 Å². The summed E-state index contributed by atoms with van der Waals surface area (Å²) < 4.78 is 0. The Bertz CT molecular complexity index is 562. The average molecular weight is 244 g/mol. The average Bonchev–Trinajstić information content (AvgIpc) is 2.37. The normalized spacial score (nSPS) is 10.1. The van der Waals surface area contributed by atoms with Crippen LogP contribution in [0.25, 0.3) is 10.9 Å². The van der Waals surface area contributed by atoms with Gasteiger partial charge in [0.15, 0.2) is 5.16 Å². The Labute approximate surface area is 104 Å². The number of aromatic nitrogens is 2. The van der Waals surface area contributed by atoms with E-state index in [4.69, 9.17) is 5.26 Å². The maximum Gasteiger partial charge on any atom is 0.191 e. The third kappa shape index (κ3) is 2.66. The van der Waals surface area contributed by atoms with Crippen molar-refractivity contribution >= 4 is 28.5 Å². The molecule has 0 fully saturated rings. The molecular weight excluding hydrogens is 232 g/mol. The van der Waals surface area contributed by atoms with Crippen molar-refractivity contribution < 1.29 is 0 Å². The zero-order valence-corrected chi connectivity index (χ0v) is 10.3. The first kappa shape index (κ1) is 11.7. The molecule has 0 spiro atoms. The second-order valence-corrected chi connectivity index (χ2v) is 4.29. The quantitative estimate of drug-likeness (QED) is 0.661. The smallest absolute Gasteiger partial charge is 0.191 e. The lowest BCUT2D eigenvalue weighted by Crippen LogP contribution is -2.02. The molecule has 1 aromatic heterocycles.